The number of rotatable bonds is 7. The Labute approximate surface area is 144 Å². The number of hydrogen-bond acceptors (Lipinski definition) is 4. The van der Waals surface area contributed by atoms with Gasteiger partial charge in [-0.2, -0.15) is 11.3 Å². The smallest absolute Gasteiger partial charge is 0.239 e. The molecule has 1 aromatic rings. The number of carbonyl (C=O) groups is 1. The first-order valence-corrected chi connectivity index (χ1v) is 7.67. The normalized spacial score (nSPS) is 12.3. The highest BCUT2D eigenvalue weighted by molar-refractivity contribution is 7.07. The summed E-state index contributed by atoms with van der Waals surface area (Å²) in [5, 5.41) is 7.17. The zero-order valence-electron chi connectivity index (χ0n) is 13.1. The Morgan fingerprint density at radius 2 is 1.95 bits per heavy atom. The summed E-state index contributed by atoms with van der Waals surface area (Å²) in [7, 11) is 0. The standard InChI is InChI=1S/C14H25N3OS.2ClH/c1-5-17(6-2)12(11-7-8-19-10-11)9-16-13(18)14(3,4)15;;/h7-8,10,12H,5-6,9,15H2,1-4H3,(H,16,18);2*1H. The number of amides is 1. The molecule has 21 heavy (non-hydrogen) atoms. The van der Waals surface area contributed by atoms with E-state index in [1.54, 1.807) is 25.2 Å². The van der Waals surface area contributed by atoms with Crippen molar-refractivity contribution in [3.63, 3.8) is 0 Å². The Morgan fingerprint density at radius 3 is 2.33 bits per heavy atom. The number of carbonyl (C=O) groups excluding carboxylic acids is 1. The molecule has 4 nitrogen and oxygen atoms in total. The minimum absolute atomic E-state index is 0. The van der Waals surface area contributed by atoms with Crippen LogP contribution in [-0.2, 0) is 4.79 Å². The molecule has 3 N–H and O–H groups in total. The summed E-state index contributed by atoms with van der Waals surface area (Å²) in [5.41, 5.74) is 6.22. The van der Waals surface area contributed by atoms with Gasteiger partial charge in [-0.3, -0.25) is 9.69 Å². The molecular formula is C14H27Cl2N3OS. The highest BCUT2D eigenvalue weighted by Gasteiger charge is 2.24. The molecule has 1 heterocycles. The largest absolute Gasteiger partial charge is 0.353 e. The van der Waals surface area contributed by atoms with E-state index in [2.05, 4.69) is 40.9 Å². The predicted molar refractivity (Wildman–Crippen MR) is 95.8 cm³/mol. The van der Waals surface area contributed by atoms with Crippen LogP contribution < -0.4 is 11.1 Å². The fourth-order valence-corrected chi connectivity index (χ4v) is 2.71. The summed E-state index contributed by atoms with van der Waals surface area (Å²) in [6.45, 7) is 10.2. The molecule has 0 spiro atoms. The fraction of sp³-hybridized carbons (Fsp3) is 0.643. The lowest BCUT2D eigenvalue weighted by atomic mass is 10.1. The van der Waals surface area contributed by atoms with Gasteiger partial charge in [0.15, 0.2) is 0 Å². The van der Waals surface area contributed by atoms with Crippen LogP contribution in [0.2, 0.25) is 0 Å². The highest BCUT2D eigenvalue weighted by Crippen LogP contribution is 2.22. The first-order valence-electron chi connectivity index (χ1n) is 6.73. The highest BCUT2D eigenvalue weighted by atomic mass is 35.5. The molecule has 0 aliphatic carbocycles. The van der Waals surface area contributed by atoms with Crippen LogP contribution in [0.3, 0.4) is 0 Å². The van der Waals surface area contributed by atoms with E-state index in [-0.39, 0.29) is 36.8 Å². The van der Waals surface area contributed by atoms with Gasteiger partial charge in [-0.1, -0.05) is 13.8 Å². The lowest BCUT2D eigenvalue weighted by molar-refractivity contribution is -0.125. The molecule has 0 aliphatic heterocycles. The molecule has 0 saturated carbocycles. The zero-order chi connectivity index (χ0) is 14.5. The number of likely N-dealkylation sites (N-methyl/N-ethyl adjacent to an activating group) is 1. The van der Waals surface area contributed by atoms with Crippen LogP contribution in [0.15, 0.2) is 16.8 Å². The Bertz CT molecular complexity index is 389. The van der Waals surface area contributed by atoms with Gasteiger partial charge < -0.3 is 11.1 Å². The van der Waals surface area contributed by atoms with Crippen molar-refractivity contribution in [2.75, 3.05) is 19.6 Å². The number of nitrogens with two attached hydrogens (primary N) is 1. The molecule has 1 aromatic heterocycles. The van der Waals surface area contributed by atoms with Crippen LogP contribution >= 0.6 is 36.2 Å². The van der Waals surface area contributed by atoms with E-state index in [0.29, 0.717) is 6.54 Å². The second-order valence-electron chi connectivity index (χ2n) is 5.23. The van der Waals surface area contributed by atoms with Gasteiger partial charge in [0.25, 0.3) is 0 Å². The van der Waals surface area contributed by atoms with E-state index in [9.17, 15) is 4.79 Å². The van der Waals surface area contributed by atoms with Crippen molar-refractivity contribution in [1.82, 2.24) is 10.2 Å². The van der Waals surface area contributed by atoms with E-state index in [1.165, 1.54) is 5.56 Å². The third-order valence-corrected chi connectivity index (χ3v) is 3.92. The number of nitrogens with one attached hydrogen (secondary N) is 1. The van der Waals surface area contributed by atoms with Crippen molar-refractivity contribution in [3.8, 4) is 0 Å². The Kier molecular flexibility index (Phi) is 11.4. The maximum atomic E-state index is 11.9. The molecule has 0 saturated heterocycles. The molecule has 0 bridgehead atoms. The van der Waals surface area contributed by atoms with Gasteiger partial charge in [-0.25, -0.2) is 0 Å². The number of halogens is 2. The predicted octanol–water partition coefficient (Wildman–Crippen LogP) is 2.83. The van der Waals surface area contributed by atoms with Gasteiger partial charge in [-0.15, -0.1) is 24.8 Å². The van der Waals surface area contributed by atoms with Crippen molar-refractivity contribution in [3.05, 3.63) is 22.4 Å². The topological polar surface area (TPSA) is 58.4 Å². The third kappa shape index (κ3) is 6.98. The minimum Gasteiger partial charge on any atom is -0.353 e. The van der Waals surface area contributed by atoms with Gasteiger partial charge in [-0.05, 0) is 49.3 Å². The minimum atomic E-state index is -0.831. The van der Waals surface area contributed by atoms with Crippen molar-refractivity contribution in [1.29, 1.82) is 0 Å². The second-order valence-corrected chi connectivity index (χ2v) is 6.01. The molecule has 1 amide bonds. The van der Waals surface area contributed by atoms with Gasteiger partial charge in [0.05, 0.1) is 11.6 Å². The fourth-order valence-electron chi connectivity index (χ4n) is 2.00. The van der Waals surface area contributed by atoms with Crippen LogP contribution in [0.25, 0.3) is 0 Å². The zero-order valence-corrected chi connectivity index (χ0v) is 15.5. The van der Waals surface area contributed by atoms with E-state index < -0.39 is 5.54 Å². The average Bonchev–Trinajstić information content (AvgIpc) is 2.86. The number of thiophene rings is 1. The van der Waals surface area contributed by atoms with Crippen molar-refractivity contribution >= 4 is 42.1 Å². The summed E-state index contributed by atoms with van der Waals surface area (Å²) in [4.78, 5) is 14.2. The molecule has 0 aromatic carbocycles. The molecule has 1 unspecified atom stereocenters. The lowest BCUT2D eigenvalue weighted by Crippen LogP contribution is -2.51. The van der Waals surface area contributed by atoms with Crippen LogP contribution in [-0.4, -0.2) is 36.0 Å². The van der Waals surface area contributed by atoms with Crippen molar-refractivity contribution < 1.29 is 4.79 Å². The molecule has 1 atom stereocenters. The van der Waals surface area contributed by atoms with Crippen LogP contribution in [0.5, 0.6) is 0 Å². The molecule has 0 fully saturated rings. The van der Waals surface area contributed by atoms with E-state index >= 15 is 0 Å². The quantitative estimate of drug-likeness (QED) is 0.790. The maximum absolute atomic E-state index is 11.9. The molecule has 7 heteroatoms. The Balaban J connectivity index is 0. The molecular weight excluding hydrogens is 329 g/mol. The van der Waals surface area contributed by atoms with E-state index in [0.717, 1.165) is 13.1 Å². The SMILES string of the molecule is CCN(CC)C(CNC(=O)C(C)(C)N)c1ccsc1.Cl.Cl. The average molecular weight is 356 g/mol. The summed E-state index contributed by atoms with van der Waals surface area (Å²) in [6.07, 6.45) is 0. The first-order chi connectivity index (χ1) is 8.90. The second kappa shape index (κ2) is 10.4. The Hall–Kier alpha value is -0.330. The summed E-state index contributed by atoms with van der Waals surface area (Å²) in [5.74, 6) is -0.111. The van der Waals surface area contributed by atoms with Crippen molar-refractivity contribution in [2.24, 2.45) is 5.73 Å². The summed E-state index contributed by atoms with van der Waals surface area (Å²) in [6, 6.07) is 2.33. The Morgan fingerprint density at radius 1 is 1.38 bits per heavy atom. The monoisotopic (exact) mass is 355 g/mol. The maximum Gasteiger partial charge on any atom is 0.239 e. The third-order valence-electron chi connectivity index (χ3n) is 3.22. The van der Waals surface area contributed by atoms with E-state index in [4.69, 9.17) is 5.73 Å². The van der Waals surface area contributed by atoms with Crippen LogP contribution in [0, 0.1) is 0 Å². The number of nitrogens with zero attached hydrogens (tertiary/aromatic N) is 1. The first kappa shape index (κ1) is 22.9. The lowest BCUT2D eigenvalue weighted by Gasteiger charge is -2.30. The summed E-state index contributed by atoms with van der Waals surface area (Å²) >= 11 is 1.68. The van der Waals surface area contributed by atoms with Crippen molar-refractivity contribution in [2.45, 2.75) is 39.3 Å². The summed E-state index contributed by atoms with van der Waals surface area (Å²) < 4.78 is 0. The molecule has 124 valence electrons. The van der Waals surface area contributed by atoms with Crippen LogP contribution in [0.1, 0.15) is 39.3 Å². The van der Waals surface area contributed by atoms with E-state index in [1.807, 2.05) is 0 Å². The van der Waals surface area contributed by atoms with Gasteiger partial charge in [0, 0.05) is 6.54 Å². The number of hydrogen-bond donors (Lipinski definition) is 2. The molecule has 0 radical (unpaired) electrons. The van der Waals surface area contributed by atoms with Gasteiger partial charge in [0.2, 0.25) is 5.91 Å². The van der Waals surface area contributed by atoms with Gasteiger partial charge in [0.1, 0.15) is 0 Å². The molecule has 0 aliphatic rings. The molecule has 1 rings (SSSR count). The van der Waals surface area contributed by atoms with Crippen LogP contribution in [0.4, 0.5) is 0 Å². The van der Waals surface area contributed by atoms with Gasteiger partial charge >= 0.3 is 0 Å².